The molecule has 0 saturated heterocycles. The first kappa shape index (κ1) is 12.8. The highest BCUT2D eigenvalue weighted by molar-refractivity contribution is 5.33. The fourth-order valence-corrected chi connectivity index (χ4v) is 2.11. The molecule has 1 radical (unpaired) electrons. The van der Waals surface area contributed by atoms with Crippen LogP contribution in [0.3, 0.4) is 0 Å². The third kappa shape index (κ3) is 4.11. The highest BCUT2D eigenvalue weighted by Crippen LogP contribution is 2.16. The summed E-state index contributed by atoms with van der Waals surface area (Å²) in [7, 11) is 0. The van der Waals surface area contributed by atoms with E-state index >= 15 is 0 Å². The summed E-state index contributed by atoms with van der Waals surface area (Å²) in [5, 5.41) is 0. The molecule has 0 aromatic heterocycles. The summed E-state index contributed by atoms with van der Waals surface area (Å²) in [6.45, 7) is 4.40. The SMILES string of the molecule is [C]#CCCCCCCc1c(C)cccc1C. The van der Waals surface area contributed by atoms with Crippen LogP contribution >= 0.6 is 0 Å². The summed E-state index contributed by atoms with van der Waals surface area (Å²) in [5.41, 5.74) is 4.38. The molecule has 0 heteroatoms. The standard InChI is InChI=1S/C16H21/c1-4-5-6-7-8-9-13-16-14(2)11-10-12-15(16)3/h10-12H,5-9,13H2,2-3H3. The second kappa shape index (κ2) is 7.12. The maximum absolute atomic E-state index is 6.82. The lowest BCUT2D eigenvalue weighted by molar-refractivity contribution is 0.648. The first-order chi connectivity index (χ1) is 7.75. The van der Waals surface area contributed by atoms with Gasteiger partial charge in [-0.15, -0.1) is 0 Å². The monoisotopic (exact) mass is 213 g/mol. The lowest BCUT2D eigenvalue weighted by Gasteiger charge is -2.09. The van der Waals surface area contributed by atoms with Gasteiger partial charge >= 0.3 is 0 Å². The van der Waals surface area contributed by atoms with Gasteiger partial charge in [-0.3, -0.25) is 0 Å². The molecule has 16 heavy (non-hydrogen) atoms. The fraction of sp³-hybridized carbons (Fsp3) is 0.500. The second-order valence-electron chi connectivity index (χ2n) is 4.46. The zero-order valence-corrected chi connectivity index (χ0v) is 10.5. The molecule has 0 N–H and O–H groups in total. The number of hydrogen-bond donors (Lipinski definition) is 0. The molecule has 0 unspecified atom stereocenters. The van der Waals surface area contributed by atoms with Crippen molar-refractivity contribution in [3.63, 3.8) is 0 Å². The number of aryl methyl sites for hydroxylation is 2. The Kier molecular flexibility index (Phi) is 5.72. The zero-order valence-electron chi connectivity index (χ0n) is 10.5. The normalized spacial score (nSPS) is 10.1. The summed E-state index contributed by atoms with van der Waals surface area (Å²) in [5.74, 6) is 2.44. The number of rotatable bonds is 6. The van der Waals surface area contributed by atoms with Crippen molar-refractivity contribution in [3.05, 3.63) is 41.3 Å². The van der Waals surface area contributed by atoms with Gasteiger partial charge in [0.1, 0.15) is 0 Å². The van der Waals surface area contributed by atoms with E-state index in [0.29, 0.717) is 0 Å². The van der Waals surface area contributed by atoms with Gasteiger partial charge in [-0.25, -0.2) is 0 Å². The van der Waals surface area contributed by atoms with Crippen molar-refractivity contribution in [1.82, 2.24) is 0 Å². The van der Waals surface area contributed by atoms with E-state index < -0.39 is 0 Å². The predicted octanol–water partition coefficient (Wildman–Crippen LogP) is 4.39. The van der Waals surface area contributed by atoms with E-state index in [1.165, 1.54) is 42.4 Å². The molecular formula is C16H21. The van der Waals surface area contributed by atoms with Gasteiger partial charge in [0.05, 0.1) is 0 Å². The van der Waals surface area contributed by atoms with Gasteiger partial charge in [-0.2, -0.15) is 0 Å². The molecule has 0 atom stereocenters. The highest BCUT2D eigenvalue weighted by Gasteiger charge is 2.01. The Morgan fingerprint density at radius 3 is 2.25 bits per heavy atom. The maximum atomic E-state index is 6.82. The predicted molar refractivity (Wildman–Crippen MR) is 69.8 cm³/mol. The van der Waals surface area contributed by atoms with Crippen molar-refractivity contribution in [1.29, 1.82) is 0 Å². The Bertz CT molecular complexity index is 335. The van der Waals surface area contributed by atoms with Gasteiger partial charge in [0, 0.05) is 6.42 Å². The lowest BCUT2D eigenvalue weighted by Crippen LogP contribution is -1.93. The summed E-state index contributed by atoms with van der Waals surface area (Å²) in [6, 6.07) is 6.53. The number of hydrogen-bond acceptors (Lipinski definition) is 0. The van der Waals surface area contributed by atoms with Crippen LogP contribution < -0.4 is 0 Å². The second-order valence-corrected chi connectivity index (χ2v) is 4.46. The molecule has 0 aliphatic carbocycles. The van der Waals surface area contributed by atoms with Crippen LogP contribution in [0.25, 0.3) is 0 Å². The molecule has 0 fully saturated rings. The molecule has 1 aromatic rings. The Balaban J connectivity index is 2.30. The van der Waals surface area contributed by atoms with Crippen molar-refractivity contribution in [2.45, 2.75) is 52.4 Å². The smallest absolute Gasteiger partial charge is 0.00989 e. The van der Waals surface area contributed by atoms with Gasteiger partial charge < -0.3 is 0 Å². The molecule has 0 heterocycles. The van der Waals surface area contributed by atoms with Gasteiger partial charge in [0.25, 0.3) is 0 Å². The third-order valence-corrected chi connectivity index (χ3v) is 3.12. The molecule has 1 rings (SSSR count). The molecule has 0 spiro atoms. The van der Waals surface area contributed by atoms with Crippen molar-refractivity contribution >= 4 is 0 Å². The van der Waals surface area contributed by atoms with E-state index in [2.05, 4.69) is 38.0 Å². The summed E-state index contributed by atoms with van der Waals surface area (Å²) in [6.07, 6.45) is 13.7. The van der Waals surface area contributed by atoms with Crippen molar-refractivity contribution in [2.24, 2.45) is 0 Å². The molecule has 0 bridgehead atoms. The lowest BCUT2D eigenvalue weighted by atomic mass is 9.97. The maximum Gasteiger partial charge on any atom is 0.00989 e. The molecule has 0 saturated carbocycles. The Hall–Kier alpha value is -1.22. The van der Waals surface area contributed by atoms with Crippen LogP contribution in [-0.2, 0) is 6.42 Å². The van der Waals surface area contributed by atoms with E-state index in [9.17, 15) is 0 Å². The van der Waals surface area contributed by atoms with Crippen LogP contribution in [0.4, 0.5) is 0 Å². The molecule has 0 aliphatic rings. The molecule has 0 amide bonds. The van der Waals surface area contributed by atoms with Crippen molar-refractivity contribution in [2.75, 3.05) is 0 Å². The minimum absolute atomic E-state index is 0.823. The molecule has 85 valence electrons. The number of unbranched alkanes of at least 4 members (excludes halogenated alkanes) is 4. The summed E-state index contributed by atoms with van der Waals surface area (Å²) in [4.78, 5) is 0. The first-order valence-corrected chi connectivity index (χ1v) is 6.20. The van der Waals surface area contributed by atoms with Gasteiger partial charge in [-0.05, 0) is 56.2 Å². The largest absolute Gasteiger partial charge is 0.0891 e. The van der Waals surface area contributed by atoms with Crippen LogP contribution in [0.2, 0.25) is 0 Å². The fourth-order valence-electron chi connectivity index (χ4n) is 2.11. The summed E-state index contributed by atoms with van der Waals surface area (Å²) < 4.78 is 0. The Labute approximate surface area is 100 Å². The van der Waals surface area contributed by atoms with Crippen molar-refractivity contribution in [3.8, 4) is 5.92 Å². The van der Waals surface area contributed by atoms with Crippen molar-refractivity contribution < 1.29 is 0 Å². The van der Waals surface area contributed by atoms with Gasteiger partial charge in [0.2, 0.25) is 0 Å². The van der Waals surface area contributed by atoms with Crippen LogP contribution in [0, 0.1) is 26.2 Å². The molecule has 0 nitrogen and oxygen atoms in total. The quantitative estimate of drug-likeness (QED) is 0.486. The van der Waals surface area contributed by atoms with Crippen LogP contribution in [0.5, 0.6) is 0 Å². The Morgan fingerprint density at radius 2 is 1.62 bits per heavy atom. The van der Waals surface area contributed by atoms with E-state index in [1.807, 2.05) is 0 Å². The third-order valence-electron chi connectivity index (χ3n) is 3.12. The van der Waals surface area contributed by atoms with Crippen LogP contribution in [0.1, 0.15) is 48.8 Å². The van der Waals surface area contributed by atoms with E-state index in [0.717, 1.165) is 12.8 Å². The van der Waals surface area contributed by atoms with E-state index in [-0.39, 0.29) is 0 Å². The van der Waals surface area contributed by atoms with Gasteiger partial charge in [0.15, 0.2) is 0 Å². The average Bonchev–Trinajstić information content (AvgIpc) is 2.26. The summed E-state index contributed by atoms with van der Waals surface area (Å²) >= 11 is 0. The highest BCUT2D eigenvalue weighted by atomic mass is 14.1. The van der Waals surface area contributed by atoms with E-state index in [1.54, 1.807) is 0 Å². The van der Waals surface area contributed by atoms with Crippen LogP contribution in [0.15, 0.2) is 18.2 Å². The topological polar surface area (TPSA) is 0 Å². The Morgan fingerprint density at radius 1 is 1.00 bits per heavy atom. The molecular weight excluding hydrogens is 192 g/mol. The van der Waals surface area contributed by atoms with Crippen LogP contribution in [-0.4, -0.2) is 0 Å². The first-order valence-electron chi connectivity index (χ1n) is 6.20. The zero-order chi connectivity index (χ0) is 11.8. The number of benzene rings is 1. The van der Waals surface area contributed by atoms with Gasteiger partial charge in [-0.1, -0.05) is 37.0 Å². The average molecular weight is 213 g/mol. The van der Waals surface area contributed by atoms with E-state index in [4.69, 9.17) is 6.42 Å². The minimum Gasteiger partial charge on any atom is -0.0891 e. The molecule has 0 aliphatic heterocycles. The molecule has 1 aromatic carbocycles. The minimum atomic E-state index is 0.823.